The molecule has 4 nitrogen and oxygen atoms in total. The van der Waals surface area contributed by atoms with Crippen LogP contribution in [0.15, 0.2) is 30.3 Å². The van der Waals surface area contributed by atoms with Crippen molar-refractivity contribution >= 4 is 17.7 Å². The SMILES string of the molecule is O=C(CC1CSCCN1)NCC(O)(c1ccccc1)C(F)(F)F. The Bertz CT molecular complexity index is 521. The van der Waals surface area contributed by atoms with Crippen LogP contribution in [0.25, 0.3) is 0 Å². The number of hydrogen-bond donors (Lipinski definition) is 3. The number of aliphatic hydroxyl groups is 1. The van der Waals surface area contributed by atoms with Crippen molar-refractivity contribution in [2.45, 2.75) is 24.2 Å². The minimum absolute atomic E-state index is 0.0514. The summed E-state index contributed by atoms with van der Waals surface area (Å²) in [5.41, 5.74) is -3.39. The van der Waals surface area contributed by atoms with Gasteiger partial charge in [0.1, 0.15) is 0 Å². The van der Waals surface area contributed by atoms with Gasteiger partial charge in [0.25, 0.3) is 0 Å². The number of amides is 1. The van der Waals surface area contributed by atoms with Crippen LogP contribution in [0.2, 0.25) is 0 Å². The second-order valence-electron chi connectivity index (χ2n) is 5.43. The minimum atomic E-state index is -4.89. The van der Waals surface area contributed by atoms with Crippen molar-refractivity contribution in [3.63, 3.8) is 0 Å². The van der Waals surface area contributed by atoms with Gasteiger partial charge >= 0.3 is 6.18 Å². The van der Waals surface area contributed by atoms with E-state index in [9.17, 15) is 23.1 Å². The van der Waals surface area contributed by atoms with Gasteiger partial charge in [0.2, 0.25) is 11.5 Å². The summed E-state index contributed by atoms with van der Waals surface area (Å²) in [4.78, 5) is 11.9. The van der Waals surface area contributed by atoms with E-state index in [-0.39, 0.29) is 18.0 Å². The van der Waals surface area contributed by atoms with Crippen LogP contribution in [0, 0.1) is 0 Å². The highest BCUT2D eigenvalue weighted by Crippen LogP contribution is 2.38. The van der Waals surface area contributed by atoms with Crippen LogP contribution in [-0.4, -0.2) is 47.8 Å². The zero-order chi connectivity index (χ0) is 16.9. The number of halogens is 3. The Morgan fingerprint density at radius 2 is 2.04 bits per heavy atom. The lowest BCUT2D eigenvalue weighted by molar-refractivity contribution is -0.264. The molecule has 1 aliphatic rings. The summed E-state index contributed by atoms with van der Waals surface area (Å²) in [6, 6.07) is 6.72. The van der Waals surface area contributed by atoms with Crippen LogP contribution in [-0.2, 0) is 10.4 Å². The largest absolute Gasteiger partial charge is 0.423 e. The Morgan fingerprint density at radius 3 is 2.61 bits per heavy atom. The lowest BCUT2D eigenvalue weighted by atomic mass is 9.93. The van der Waals surface area contributed by atoms with Gasteiger partial charge in [-0.3, -0.25) is 4.79 Å². The van der Waals surface area contributed by atoms with Gasteiger partial charge < -0.3 is 15.7 Å². The number of carbonyl (C=O) groups excluding carboxylic acids is 1. The molecule has 2 unspecified atom stereocenters. The molecule has 1 aliphatic heterocycles. The highest BCUT2D eigenvalue weighted by atomic mass is 32.2. The van der Waals surface area contributed by atoms with Gasteiger partial charge in [0.05, 0.1) is 6.54 Å². The molecule has 1 heterocycles. The van der Waals surface area contributed by atoms with Crippen LogP contribution in [0.5, 0.6) is 0 Å². The second-order valence-corrected chi connectivity index (χ2v) is 6.58. The molecule has 8 heteroatoms. The summed E-state index contributed by atoms with van der Waals surface area (Å²) >= 11 is 1.70. The Labute approximate surface area is 136 Å². The van der Waals surface area contributed by atoms with Crippen LogP contribution in [0.4, 0.5) is 13.2 Å². The zero-order valence-corrected chi connectivity index (χ0v) is 13.2. The molecule has 1 saturated heterocycles. The fourth-order valence-electron chi connectivity index (χ4n) is 2.35. The molecule has 2 atom stereocenters. The van der Waals surface area contributed by atoms with Gasteiger partial charge in [0.15, 0.2) is 0 Å². The third-order valence-electron chi connectivity index (χ3n) is 3.69. The number of nitrogens with one attached hydrogen (secondary N) is 2. The summed E-state index contributed by atoms with van der Waals surface area (Å²) in [5, 5.41) is 15.5. The van der Waals surface area contributed by atoms with E-state index in [4.69, 9.17) is 0 Å². The van der Waals surface area contributed by atoms with Crippen molar-refractivity contribution in [2.24, 2.45) is 0 Å². The van der Waals surface area contributed by atoms with Gasteiger partial charge in [-0.05, 0) is 5.56 Å². The predicted octanol–water partition coefficient (Wildman–Crippen LogP) is 1.65. The molecule has 128 valence electrons. The number of alkyl halides is 3. The highest BCUT2D eigenvalue weighted by molar-refractivity contribution is 7.99. The van der Waals surface area contributed by atoms with Gasteiger partial charge in [-0.15, -0.1) is 0 Å². The van der Waals surface area contributed by atoms with E-state index < -0.39 is 24.2 Å². The smallest absolute Gasteiger partial charge is 0.375 e. The number of carbonyl (C=O) groups is 1. The van der Waals surface area contributed by atoms with E-state index >= 15 is 0 Å². The van der Waals surface area contributed by atoms with Crippen molar-refractivity contribution in [2.75, 3.05) is 24.6 Å². The molecule has 2 rings (SSSR count). The van der Waals surface area contributed by atoms with E-state index in [0.717, 1.165) is 18.1 Å². The lowest BCUT2D eigenvalue weighted by Crippen LogP contribution is -2.52. The molecular formula is C15H19F3N2O2S. The normalized spacial score (nSPS) is 21.5. The molecule has 23 heavy (non-hydrogen) atoms. The maximum atomic E-state index is 13.3. The first kappa shape index (κ1) is 18.1. The van der Waals surface area contributed by atoms with Gasteiger partial charge in [0, 0.05) is 30.5 Å². The van der Waals surface area contributed by atoms with E-state index in [1.165, 1.54) is 24.3 Å². The average molecular weight is 348 g/mol. The van der Waals surface area contributed by atoms with Gasteiger partial charge in [-0.1, -0.05) is 30.3 Å². The molecule has 0 saturated carbocycles. The number of benzene rings is 1. The van der Waals surface area contributed by atoms with Gasteiger partial charge in [-0.25, -0.2) is 0 Å². The second kappa shape index (κ2) is 7.55. The summed E-state index contributed by atoms with van der Waals surface area (Å²) in [6.07, 6.45) is -4.80. The summed E-state index contributed by atoms with van der Waals surface area (Å²) in [5.74, 6) is 1.19. The topological polar surface area (TPSA) is 61.4 Å². The standard InChI is InChI=1S/C15H19F3N2O2S/c16-15(17,18)14(22,11-4-2-1-3-5-11)10-20-13(21)8-12-9-23-7-6-19-12/h1-5,12,19,22H,6-10H2,(H,20,21). The van der Waals surface area contributed by atoms with E-state index in [1.54, 1.807) is 17.8 Å². The summed E-state index contributed by atoms with van der Waals surface area (Å²) in [6.45, 7) is -0.127. The van der Waals surface area contributed by atoms with Crippen LogP contribution < -0.4 is 10.6 Å². The van der Waals surface area contributed by atoms with Crippen molar-refractivity contribution in [1.29, 1.82) is 0 Å². The Morgan fingerprint density at radius 1 is 1.35 bits per heavy atom. The fourth-order valence-corrected chi connectivity index (χ4v) is 3.30. The van der Waals surface area contributed by atoms with Crippen molar-refractivity contribution in [3.8, 4) is 0 Å². The van der Waals surface area contributed by atoms with Crippen LogP contribution >= 0.6 is 11.8 Å². The highest BCUT2D eigenvalue weighted by Gasteiger charge is 2.55. The molecule has 0 spiro atoms. The monoisotopic (exact) mass is 348 g/mol. The number of rotatable bonds is 5. The summed E-state index contributed by atoms with van der Waals surface area (Å²) in [7, 11) is 0. The quantitative estimate of drug-likeness (QED) is 0.757. The zero-order valence-electron chi connectivity index (χ0n) is 12.4. The minimum Gasteiger partial charge on any atom is -0.375 e. The van der Waals surface area contributed by atoms with Crippen molar-refractivity contribution in [1.82, 2.24) is 10.6 Å². The van der Waals surface area contributed by atoms with E-state index in [0.29, 0.717) is 0 Å². The third-order valence-corrected chi connectivity index (χ3v) is 4.82. The molecule has 0 radical (unpaired) electrons. The Kier molecular flexibility index (Phi) is 5.94. The maximum Gasteiger partial charge on any atom is 0.423 e. The Hall–Kier alpha value is -1.25. The molecule has 0 aromatic heterocycles. The molecule has 1 aromatic carbocycles. The Balaban J connectivity index is 2.00. The maximum absolute atomic E-state index is 13.3. The number of thioether (sulfide) groups is 1. The van der Waals surface area contributed by atoms with Gasteiger partial charge in [-0.2, -0.15) is 24.9 Å². The molecule has 3 N–H and O–H groups in total. The van der Waals surface area contributed by atoms with Crippen molar-refractivity contribution < 1.29 is 23.1 Å². The fraction of sp³-hybridized carbons (Fsp3) is 0.533. The molecular weight excluding hydrogens is 329 g/mol. The van der Waals surface area contributed by atoms with Crippen LogP contribution in [0.3, 0.4) is 0 Å². The molecule has 1 aromatic rings. The predicted molar refractivity (Wildman–Crippen MR) is 83.1 cm³/mol. The molecule has 1 fully saturated rings. The van der Waals surface area contributed by atoms with Crippen molar-refractivity contribution in [3.05, 3.63) is 35.9 Å². The first-order chi connectivity index (χ1) is 10.8. The van der Waals surface area contributed by atoms with Crippen LogP contribution in [0.1, 0.15) is 12.0 Å². The molecule has 1 amide bonds. The van der Waals surface area contributed by atoms with E-state index in [1.807, 2.05) is 0 Å². The first-order valence-corrected chi connectivity index (χ1v) is 8.41. The average Bonchev–Trinajstić information content (AvgIpc) is 2.53. The third kappa shape index (κ3) is 4.62. The number of hydrogen-bond acceptors (Lipinski definition) is 4. The van der Waals surface area contributed by atoms with E-state index in [2.05, 4.69) is 10.6 Å². The molecule has 0 bridgehead atoms. The summed E-state index contributed by atoms with van der Waals surface area (Å²) < 4.78 is 39.8. The molecule has 0 aliphatic carbocycles. The lowest BCUT2D eigenvalue weighted by Gasteiger charge is -2.31. The first-order valence-electron chi connectivity index (χ1n) is 7.25.